The molecule has 0 unspecified atom stereocenters. The van der Waals surface area contributed by atoms with Gasteiger partial charge in [0.25, 0.3) is 5.91 Å². The van der Waals surface area contributed by atoms with Gasteiger partial charge in [0.1, 0.15) is 6.04 Å². The van der Waals surface area contributed by atoms with Crippen molar-refractivity contribution in [3.8, 4) is 0 Å². The molecule has 1 atom stereocenters. The summed E-state index contributed by atoms with van der Waals surface area (Å²) in [7, 11) is 0. The van der Waals surface area contributed by atoms with E-state index in [9.17, 15) is 14.4 Å². The smallest absolute Gasteiger partial charge is 0.258 e. The minimum atomic E-state index is -0.715. The second-order valence-electron chi connectivity index (χ2n) is 10.8. The minimum Gasteiger partial charge on any atom is -0.354 e. The van der Waals surface area contributed by atoms with Crippen molar-refractivity contribution in [1.29, 1.82) is 0 Å². The van der Waals surface area contributed by atoms with Crippen molar-refractivity contribution in [1.82, 2.24) is 10.6 Å². The van der Waals surface area contributed by atoms with Crippen LogP contribution in [-0.2, 0) is 28.9 Å². The molecular weight excluding hydrogens is 524 g/mol. The highest BCUT2D eigenvalue weighted by Gasteiger charge is 2.25. The van der Waals surface area contributed by atoms with Crippen LogP contribution < -0.4 is 21.3 Å². The van der Waals surface area contributed by atoms with Crippen LogP contribution in [0.1, 0.15) is 46.3 Å². The molecule has 0 radical (unpaired) electrons. The minimum absolute atomic E-state index is 0.0494. The maximum absolute atomic E-state index is 13.7. The normalized spacial score (nSPS) is 13.5. The van der Waals surface area contributed by atoms with E-state index in [1.54, 1.807) is 4.90 Å². The Morgan fingerprint density at radius 1 is 0.833 bits per heavy atom. The predicted octanol–water partition coefficient (Wildman–Crippen LogP) is 4.56. The summed E-state index contributed by atoms with van der Waals surface area (Å²) in [5, 5.41) is 8.08. The Labute approximate surface area is 247 Å². The monoisotopic (exact) mass is 562 g/mol. The number of nitrogens with two attached hydrogens (primary N) is 1. The predicted molar refractivity (Wildman–Crippen MR) is 167 cm³/mol. The maximum atomic E-state index is 13.7. The molecule has 0 fully saturated rings. The number of fused-ring (bicyclic) bond motifs is 3. The lowest BCUT2D eigenvalue weighted by Gasteiger charge is -2.28. The average Bonchev–Trinajstić information content (AvgIpc) is 3.01. The van der Waals surface area contributed by atoms with Crippen molar-refractivity contribution >= 4 is 34.2 Å². The lowest BCUT2D eigenvalue weighted by molar-refractivity contribution is -0.129. The molecule has 7 nitrogen and oxygen atoms in total. The zero-order valence-corrected chi connectivity index (χ0v) is 23.9. The van der Waals surface area contributed by atoms with E-state index in [0.717, 1.165) is 46.0 Å². The van der Waals surface area contributed by atoms with Gasteiger partial charge >= 0.3 is 0 Å². The summed E-state index contributed by atoms with van der Waals surface area (Å²) >= 11 is 0. The van der Waals surface area contributed by atoms with Crippen molar-refractivity contribution in [2.75, 3.05) is 24.5 Å². The molecule has 0 saturated carbocycles. The molecule has 0 saturated heterocycles. The number of hydrogen-bond acceptors (Lipinski definition) is 4. The number of carbonyl (C=O) groups is 3. The molecule has 4 aromatic rings. The van der Waals surface area contributed by atoms with Crippen LogP contribution in [0, 0.1) is 0 Å². The van der Waals surface area contributed by atoms with Crippen LogP contribution in [0.3, 0.4) is 0 Å². The van der Waals surface area contributed by atoms with Crippen molar-refractivity contribution in [3.05, 3.63) is 113 Å². The highest BCUT2D eigenvalue weighted by molar-refractivity contribution is 6.07. The number of aryl methyl sites for hydroxylation is 2. The van der Waals surface area contributed by atoms with Crippen LogP contribution >= 0.6 is 0 Å². The number of anilines is 1. The van der Waals surface area contributed by atoms with Gasteiger partial charge in [0.15, 0.2) is 0 Å². The Bertz CT molecular complexity index is 1570. The maximum Gasteiger partial charge on any atom is 0.258 e. The van der Waals surface area contributed by atoms with Crippen molar-refractivity contribution in [2.45, 2.75) is 44.6 Å². The highest BCUT2D eigenvalue weighted by Crippen LogP contribution is 2.28. The number of benzene rings is 4. The summed E-state index contributed by atoms with van der Waals surface area (Å²) in [4.78, 5) is 41.7. The summed E-state index contributed by atoms with van der Waals surface area (Å²) in [5.41, 5.74) is 10.3. The molecule has 0 aromatic heterocycles. The molecular formula is C35H38N4O3. The third-order valence-electron chi connectivity index (χ3n) is 7.81. The van der Waals surface area contributed by atoms with Gasteiger partial charge in [0.2, 0.25) is 11.8 Å². The Balaban J connectivity index is 1.26. The zero-order valence-electron chi connectivity index (χ0n) is 23.9. The Hall–Kier alpha value is -4.49. The molecule has 0 bridgehead atoms. The van der Waals surface area contributed by atoms with Gasteiger partial charge in [-0.05, 0) is 71.8 Å². The number of carbonyl (C=O) groups excluding carboxylic acids is 3. The van der Waals surface area contributed by atoms with Gasteiger partial charge in [-0.2, -0.15) is 0 Å². The molecule has 0 aliphatic carbocycles. The average molecular weight is 563 g/mol. The fourth-order valence-corrected chi connectivity index (χ4v) is 5.59. The van der Waals surface area contributed by atoms with Gasteiger partial charge in [0.05, 0.1) is 0 Å². The van der Waals surface area contributed by atoms with Gasteiger partial charge < -0.3 is 21.3 Å². The number of hydrogen-bond donors (Lipinski definition) is 3. The fourth-order valence-electron chi connectivity index (χ4n) is 5.59. The lowest BCUT2D eigenvalue weighted by Crippen LogP contribution is -2.48. The van der Waals surface area contributed by atoms with Crippen LogP contribution in [0.4, 0.5) is 5.69 Å². The molecule has 4 aromatic carbocycles. The first-order chi connectivity index (χ1) is 20.5. The van der Waals surface area contributed by atoms with Crippen LogP contribution in [0.15, 0.2) is 91.0 Å². The van der Waals surface area contributed by atoms with E-state index in [4.69, 9.17) is 5.73 Å². The van der Waals surface area contributed by atoms with E-state index in [1.807, 2.05) is 78.9 Å². The first-order valence-electron chi connectivity index (χ1n) is 14.8. The summed E-state index contributed by atoms with van der Waals surface area (Å²) in [6, 6.07) is 29.2. The number of amides is 3. The largest absolute Gasteiger partial charge is 0.354 e. The summed E-state index contributed by atoms with van der Waals surface area (Å²) < 4.78 is 0. The lowest BCUT2D eigenvalue weighted by atomic mass is 9.95. The van der Waals surface area contributed by atoms with Crippen LogP contribution in [-0.4, -0.2) is 43.4 Å². The molecule has 5 rings (SSSR count). The van der Waals surface area contributed by atoms with E-state index in [2.05, 4.69) is 22.8 Å². The highest BCUT2D eigenvalue weighted by atomic mass is 16.2. The van der Waals surface area contributed by atoms with Gasteiger partial charge in [-0.15, -0.1) is 0 Å². The second kappa shape index (κ2) is 13.9. The van der Waals surface area contributed by atoms with Gasteiger partial charge in [-0.1, -0.05) is 78.9 Å². The Kier molecular flexibility index (Phi) is 9.62. The Morgan fingerprint density at radius 2 is 1.55 bits per heavy atom. The third kappa shape index (κ3) is 7.04. The molecule has 1 aliphatic rings. The summed E-state index contributed by atoms with van der Waals surface area (Å²) in [5.74, 6) is -0.496. The summed E-state index contributed by atoms with van der Waals surface area (Å²) in [6.45, 7) is 1.33. The van der Waals surface area contributed by atoms with Crippen molar-refractivity contribution in [3.63, 3.8) is 0 Å². The summed E-state index contributed by atoms with van der Waals surface area (Å²) in [6.07, 6.45) is 3.34. The standard InChI is InChI=1S/C35H38N4O3/c36-20-8-21-37-34(41)31(24-25-16-17-26-9-1-2-12-29(26)23-25)38-33(40)15-7-22-39-32-14-6-4-11-28(32)19-18-27-10-3-5-13-30(27)35(39)42/h1-6,9-14,16-17,23,31H,7-8,15,18-22,24,36H2,(H,37,41)(H,38,40)/t31-/m1/s1. The molecule has 42 heavy (non-hydrogen) atoms. The number of nitrogens with one attached hydrogen (secondary N) is 2. The zero-order chi connectivity index (χ0) is 29.3. The van der Waals surface area contributed by atoms with E-state index in [0.29, 0.717) is 44.5 Å². The van der Waals surface area contributed by atoms with Gasteiger partial charge in [-0.3, -0.25) is 14.4 Å². The number of para-hydroxylation sites is 1. The molecule has 216 valence electrons. The fraction of sp³-hybridized carbons (Fsp3) is 0.286. The first-order valence-corrected chi connectivity index (χ1v) is 14.8. The third-order valence-corrected chi connectivity index (χ3v) is 7.81. The molecule has 4 N–H and O–H groups in total. The van der Waals surface area contributed by atoms with Crippen molar-refractivity contribution in [2.24, 2.45) is 5.73 Å². The number of rotatable bonds is 11. The molecule has 0 spiro atoms. The molecule has 7 heteroatoms. The molecule has 1 heterocycles. The van der Waals surface area contributed by atoms with E-state index >= 15 is 0 Å². The number of nitrogens with zero attached hydrogens (tertiary/aromatic N) is 1. The van der Waals surface area contributed by atoms with Crippen LogP contribution in [0.25, 0.3) is 10.8 Å². The molecule has 1 aliphatic heterocycles. The quantitative estimate of drug-likeness (QED) is 0.233. The SMILES string of the molecule is NCCCNC(=O)[C@@H](Cc1ccc2ccccc2c1)NC(=O)CCCN1C(=O)c2ccccc2CCc2ccccc21. The van der Waals surface area contributed by atoms with Crippen LogP contribution in [0.2, 0.25) is 0 Å². The second-order valence-corrected chi connectivity index (χ2v) is 10.8. The Morgan fingerprint density at radius 3 is 2.38 bits per heavy atom. The van der Waals surface area contributed by atoms with Crippen molar-refractivity contribution < 1.29 is 14.4 Å². The van der Waals surface area contributed by atoms with Crippen LogP contribution in [0.5, 0.6) is 0 Å². The van der Waals surface area contributed by atoms with Gasteiger partial charge in [0, 0.05) is 37.2 Å². The first kappa shape index (κ1) is 29.0. The van der Waals surface area contributed by atoms with E-state index in [-0.39, 0.29) is 24.1 Å². The van der Waals surface area contributed by atoms with E-state index in [1.165, 1.54) is 0 Å². The van der Waals surface area contributed by atoms with E-state index < -0.39 is 6.04 Å². The van der Waals surface area contributed by atoms with Gasteiger partial charge in [-0.25, -0.2) is 0 Å². The topological polar surface area (TPSA) is 105 Å². The molecule has 3 amide bonds.